The van der Waals surface area contributed by atoms with Crippen LogP contribution in [0.5, 0.6) is 5.75 Å². The summed E-state index contributed by atoms with van der Waals surface area (Å²) in [7, 11) is 0. The topological polar surface area (TPSA) is 89.7 Å². The highest BCUT2D eigenvalue weighted by molar-refractivity contribution is 5.83. The monoisotopic (exact) mass is 255 g/mol. The molecule has 0 fully saturated rings. The quantitative estimate of drug-likeness (QED) is 0.747. The maximum absolute atomic E-state index is 5.86. The maximum atomic E-state index is 5.86. The molecule has 0 amide bonds. The van der Waals surface area contributed by atoms with E-state index in [0.29, 0.717) is 29.4 Å². The zero-order valence-electron chi connectivity index (χ0n) is 10.4. The highest BCUT2D eigenvalue weighted by Crippen LogP contribution is 2.22. The van der Waals surface area contributed by atoms with Crippen LogP contribution in [0, 0.1) is 0 Å². The molecule has 2 aromatic heterocycles. The summed E-state index contributed by atoms with van der Waals surface area (Å²) in [6, 6.07) is 7.58. The Kier molecular flexibility index (Phi) is 2.75. The third kappa shape index (κ3) is 2.08. The molecule has 3 rings (SSSR count). The number of nitrogen functional groups attached to an aromatic ring is 1. The van der Waals surface area contributed by atoms with Gasteiger partial charge in [0.25, 0.3) is 0 Å². The van der Waals surface area contributed by atoms with Crippen LogP contribution >= 0.6 is 0 Å². The molecule has 0 saturated heterocycles. The Labute approximate surface area is 109 Å². The Hall–Kier alpha value is -2.63. The second kappa shape index (κ2) is 4.56. The first kappa shape index (κ1) is 11.5. The zero-order chi connectivity index (χ0) is 13.2. The first-order chi connectivity index (χ1) is 9.28. The van der Waals surface area contributed by atoms with Gasteiger partial charge in [-0.05, 0) is 31.2 Å². The number of aromatic amines is 1. The number of benzene rings is 1. The maximum Gasteiger partial charge on any atom is 0.164 e. The Bertz CT molecular complexity index is 705. The first-order valence-electron chi connectivity index (χ1n) is 5.97. The van der Waals surface area contributed by atoms with Crippen LogP contribution in [0.25, 0.3) is 22.6 Å². The van der Waals surface area contributed by atoms with Gasteiger partial charge in [0.2, 0.25) is 0 Å². The number of anilines is 1. The third-order valence-electron chi connectivity index (χ3n) is 2.73. The van der Waals surface area contributed by atoms with E-state index in [1.165, 1.54) is 0 Å². The van der Waals surface area contributed by atoms with Gasteiger partial charge in [0, 0.05) is 5.56 Å². The van der Waals surface area contributed by atoms with Crippen LogP contribution < -0.4 is 10.5 Å². The normalized spacial score (nSPS) is 10.8. The number of hydrogen-bond donors (Lipinski definition) is 2. The number of nitrogens with two attached hydrogens (primary N) is 1. The number of imidazole rings is 1. The summed E-state index contributed by atoms with van der Waals surface area (Å²) in [5.41, 5.74) is 7.97. The molecule has 96 valence electrons. The molecule has 3 aromatic rings. The van der Waals surface area contributed by atoms with Crippen molar-refractivity contribution in [3.05, 3.63) is 30.6 Å². The van der Waals surface area contributed by atoms with Crippen LogP contribution in [-0.2, 0) is 0 Å². The van der Waals surface area contributed by atoms with E-state index in [2.05, 4.69) is 19.9 Å². The van der Waals surface area contributed by atoms with Crippen LogP contribution in [0.4, 0.5) is 5.82 Å². The molecule has 0 aliphatic rings. The Morgan fingerprint density at radius 2 is 2.00 bits per heavy atom. The van der Waals surface area contributed by atoms with E-state index in [0.717, 1.165) is 11.3 Å². The SMILES string of the molecule is CCOc1ccc(-c2nc(N)c3nc[nH]c3n2)cc1. The van der Waals surface area contributed by atoms with Gasteiger partial charge in [0.05, 0.1) is 12.9 Å². The second-order valence-corrected chi connectivity index (χ2v) is 3.99. The van der Waals surface area contributed by atoms with Crippen molar-refractivity contribution in [3.8, 4) is 17.1 Å². The van der Waals surface area contributed by atoms with Crippen molar-refractivity contribution < 1.29 is 4.74 Å². The molecule has 6 nitrogen and oxygen atoms in total. The summed E-state index contributed by atoms with van der Waals surface area (Å²) in [6.07, 6.45) is 1.55. The van der Waals surface area contributed by atoms with Gasteiger partial charge in [-0.1, -0.05) is 0 Å². The standard InChI is InChI=1S/C13H13N5O/c1-2-19-9-5-3-8(4-6-9)12-17-11(14)10-13(18-12)16-7-15-10/h3-7H,2H2,1H3,(H3,14,15,16,17,18). The van der Waals surface area contributed by atoms with E-state index in [1.54, 1.807) is 6.33 Å². The van der Waals surface area contributed by atoms with Crippen LogP contribution in [0.2, 0.25) is 0 Å². The van der Waals surface area contributed by atoms with Crippen molar-refractivity contribution in [1.82, 2.24) is 19.9 Å². The summed E-state index contributed by atoms with van der Waals surface area (Å²) in [5.74, 6) is 1.76. The number of fused-ring (bicyclic) bond motifs is 1. The van der Waals surface area contributed by atoms with E-state index < -0.39 is 0 Å². The summed E-state index contributed by atoms with van der Waals surface area (Å²) < 4.78 is 5.40. The molecule has 0 saturated carbocycles. The average molecular weight is 255 g/mol. The van der Waals surface area contributed by atoms with E-state index in [1.807, 2.05) is 31.2 Å². The molecule has 0 unspecified atom stereocenters. The van der Waals surface area contributed by atoms with Gasteiger partial charge in [0.1, 0.15) is 11.3 Å². The molecular weight excluding hydrogens is 242 g/mol. The van der Waals surface area contributed by atoms with Crippen molar-refractivity contribution in [3.63, 3.8) is 0 Å². The fraction of sp³-hybridized carbons (Fsp3) is 0.154. The molecule has 0 atom stereocenters. The number of nitrogens with one attached hydrogen (secondary N) is 1. The first-order valence-corrected chi connectivity index (χ1v) is 5.97. The molecule has 3 N–H and O–H groups in total. The van der Waals surface area contributed by atoms with Crippen molar-refractivity contribution >= 4 is 17.0 Å². The number of ether oxygens (including phenoxy) is 1. The van der Waals surface area contributed by atoms with Crippen molar-refractivity contribution in [2.45, 2.75) is 6.92 Å². The van der Waals surface area contributed by atoms with Gasteiger partial charge in [-0.25, -0.2) is 15.0 Å². The molecule has 19 heavy (non-hydrogen) atoms. The minimum Gasteiger partial charge on any atom is -0.494 e. The zero-order valence-corrected chi connectivity index (χ0v) is 10.4. The molecule has 2 heterocycles. The van der Waals surface area contributed by atoms with Gasteiger partial charge in [0.15, 0.2) is 17.3 Å². The summed E-state index contributed by atoms with van der Waals surface area (Å²) in [6.45, 7) is 2.59. The number of hydrogen-bond acceptors (Lipinski definition) is 5. The van der Waals surface area contributed by atoms with Gasteiger partial charge < -0.3 is 15.5 Å². The number of rotatable bonds is 3. The largest absolute Gasteiger partial charge is 0.494 e. The van der Waals surface area contributed by atoms with Gasteiger partial charge in [-0.3, -0.25) is 0 Å². The minimum absolute atomic E-state index is 0.370. The van der Waals surface area contributed by atoms with Crippen LogP contribution in [0.15, 0.2) is 30.6 Å². The Balaban J connectivity index is 2.03. The molecule has 6 heteroatoms. The highest BCUT2D eigenvalue weighted by atomic mass is 16.5. The van der Waals surface area contributed by atoms with Crippen LogP contribution in [0.3, 0.4) is 0 Å². The molecule has 0 aliphatic heterocycles. The van der Waals surface area contributed by atoms with Gasteiger partial charge >= 0.3 is 0 Å². The van der Waals surface area contributed by atoms with E-state index in [4.69, 9.17) is 10.5 Å². The van der Waals surface area contributed by atoms with Gasteiger partial charge in [-0.15, -0.1) is 0 Å². The fourth-order valence-electron chi connectivity index (χ4n) is 1.85. The molecule has 0 aliphatic carbocycles. The fourth-order valence-corrected chi connectivity index (χ4v) is 1.85. The van der Waals surface area contributed by atoms with Crippen molar-refractivity contribution in [1.29, 1.82) is 0 Å². The van der Waals surface area contributed by atoms with E-state index in [-0.39, 0.29) is 0 Å². The molecule has 1 aromatic carbocycles. The predicted molar refractivity (Wildman–Crippen MR) is 72.7 cm³/mol. The minimum atomic E-state index is 0.370. The summed E-state index contributed by atoms with van der Waals surface area (Å²) >= 11 is 0. The smallest absolute Gasteiger partial charge is 0.164 e. The van der Waals surface area contributed by atoms with Crippen LogP contribution in [-0.4, -0.2) is 26.5 Å². The predicted octanol–water partition coefficient (Wildman–Crippen LogP) is 2.00. The lowest BCUT2D eigenvalue weighted by molar-refractivity contribution is 0.340. The Morgan fingerprint density at radius 3 is 2.74 bits per heavy atom. The number of H-pyrrole nitrogens is 1. The number of aromatic nitrogens is 4. The van der Waals surface area contributed by atoms with Crippen LogP contribution in [0.1, 0.15) is 6.92 Å². The summed E-state index contributed by atoms with van der Waals surface area (Å²) in [4.78, 5) is 15.7. The molecule has 0 radical (unpaired) electrons. The van der Waals surface area contributed by atoms with Gasteiger partial charge in [-0.2, -0.15) is 0 Å². The average Bonchev–Trinajstić information content (AvgIpc) is 2.89. The lowest BCUT2D eigenvalue weighted by atomic mass is 10.2. The van der Waals surface area contributed by atoms with E-state index >= 15 is 0 Å². The van der Waals surface area contributed by atoms with E-state index in [9.17, 15) is 0 Å². The van der Waals surface area contributed by atoms with Crippen molar-refractivity contribution in [2.75, 3.05) is 12.3 Å². The lowest BCUT2D eigenvalue weighted by Gasteiger charge is -2.05. The molecular formula is C13H13N5O. The second-order valence-electron chi connectivity index (χ2n) is 3.99. The summed E-state index contributed by atoms with van der Waals surface area (Å²) in [5, 5.41) is 0. The molecule has 0 bridgehead atoms. The Morgan fingerprint density at radius 1 is 1.21 bits per heavy atom. The lowest BCUT2D eigenvalue weighted by Crippen LogP contribution is -1.97. The third-order valence-corrected chi connectivity index (χ3v) is 2.73. The van der Waals surface area contributed by atoms with Crippen molar-refractivity contribution in [2.24, 2.45) is 0 Å². The number of nitrogens with zero attached hydrogens (tertiary/aromatic N) is 3. The molecule has 0 spiro atoms. The highest BCUT2D eigenvalue weighted by Gasteiger charge is 2.09.